The molecule has 1 atom stereocenters. The second kappa shape index (κ2) is 12.4. The Morgan fingerprint density at radius 1 is 1.00 bits per heavy atom. The molecule has 1 aromatic heterocycles. The Kier molecular flexibility index (Phi) is 9.29. The molecule has 0 aliphatic rings. The predicted octanol–water partition coefficient (Wildman–Crippen LogP) is 4.36. The number of benzene rings is 2. The maximum atomic E-state index is 12.7. The molecular formula is C26H30N4O6S. The number of aromatic nitrogens is 3. The van der Waals surface area contributed by atoms with Crippen molar-refractivity contribution in [3.8, 4) is 5.75 Å². The molecule has 10 nitrogen and oxygen atoms in total. The first-order chi connectivity index (χ1) is 17.7. The molecule has 1 unspecified atom stereocenters. The van der Waals surface area contributed by atoms with E-state index in [1.807, 2.05) is 44.4 Å². The topological polar surface area (TPSA) is 122 Å². The van der Waals surface area contributed by atoms with E-state index in [-0.39, 0.29) is 34.6 Å². The zero-order chi connectivity index (χ0) is 27.1. The Bertz CT molecular complexity index is 1270. The lowest BCUT2D eigenvalue weighted by Gasteiger charge is -2.17. The van der Waals surface area contributed by atoms with Crippen LogP contribution in [0.2, 0.25) is 0 Å². The van der Waals surface area contributed by atoms with Crippen LogP contribution < -0.4 is 10.1 Å². The zero-order valence-electron chi connectivity index (χ0n) is 21.7. The number of nitrogens with one attached hydrogen (secondary N) is 1. The molecule has 0 aliphatic heterocycles. The summed E-state index contributed by atoms with van der Waals surface area (Å²) in [6, 6.07) is 10.2. The number of hydrogen-bond acceptors (Lipinski definition) is 9. The van der Waals surface area contributed by atoms with E-state index in [1.54, 1.807) is 0 Å². The van der Waals surface area contributed by atoms with Crippen molar-refractivity contribution in [1.29, 1.82) is 0 Å². The Balaban J connectivity index is 1.70. The first-order valence-corrected chi connectivity index (χ1v) is 12.6. The molecule has 0 bridgehead atoms. The molecule has 0 aliphatic carbocycles. The van der Waals surface area contributed by atoms with E-state index in [0.29, 0.717) is 17.5 Å². The van der Waals surface area contributed by atoms with Gasteiger partial charge in [-0.05, 0) is 57.5 Å². The average molecular weight is 527 g/mol. The van der Waals surface area contributed by atoms with Crippen LogP contribution in [0.1, 0.15) is 57.6 Å². The second-order valence-electron chi connectivity index (χ2n) is 8.23. The number of carbonyl (C=O) groups is 3. The summed E-state index contributed by atoms with van der Waals surface area (Å²) >= 11 is 1.22. The van der Waals surface area contributed by atoms with Crippen molar-refractivity contribution in [3.63, 3.8) is 0 Å². The van der Waals surface area contributed by atoms with E-state index in [2.05, 4.69) is 21.6 Å². The van der Waals surface area contributed by atoms with Crippen molar-refractivity contribution < 1.29 is 28.6 Å². The summed E-state index contributed by atoms with van der Waals surface area (Å²) in [6.07, 6.45) is -0.352. The number of anilines is 1. The summed E-state index contributed by atoms with van der Waals surface area (Å²) in [5.74, 6) is -0.181. The van der Waals surface area contributed by atoms with Gasteiger partial charge in [-0.15, -0.1) is 10.2 Å². The van der Waals surface area contributed by atoms with Gasteiger partial charge in [0.2, 0.25) is 5.91 Å². The van der Waals surface area contributed by atoms with Crippen molar-refractivity contribution in [2.24, 2.45) is 0 Å². The lowest BCUT2D eigenvalue weighted by molar-refractivity contribution is -0.113. The fourth-order valence-electron chi connectivity index (χ4n) is 3.68. The van der Waals surface area contributed by atoms with Gasteiger partial charge >= 0.3 is 11.9 Å². The van der Waals surface area contributed by atoms with Gasteiger partial charge in [-0.25, -0.2) is 9.59 Å². The first-order valence-electron chi connectivity index (χ1n) is 11.6. The van der Waals surface area contributed by atoms with Crippen molar-refractivity contribution in [1.82, 2.24) is 14.8 Å². The van der Waals surface area contributed by atoms with Gasteiger partial charge in [0.05, 0.1) is 31.1 Å². The molecule has 0 fully saturated rings. The maximum Gasteiger partial charge on any atom is 0.337 e. The summed E-state index contributed by atoms with van der Waals surface area (Å²) in [7, 11) is 2.46. The maximum absolute atomic E-state index is 12.7. The van der Waals surface area contributed by atoms with Crippen LogP contribution in [0.5, 0.6) is 5.75 Å². The van der Waals surface area contributed by atoms with E-state index in [4.69, 9.17) is 14.2 Å². The number of methoxy groups -OCH3 is 2. The van der Waals surface area contributed by atoms with Crippen LogP contribution in [0.15, 0.2) is 41.6 Å². The largest absolute Gasteiger partial charge is 0.482 e. The minimum atomic E-state index is -0.642. The minimum Gasteiger partial charge on any atom is -0.482 e. The number of aryl methyl sites for hydroxylation is 2. The van der Waals surface area contributed by atoms with Gasteiger partial charge in [0.15, 0.2) is 17.1 Å². The van der Waals surface area contributed by atoms with Gasteiger partial charge in [0, 0.05) is 12.2 Å². The van der Waals surface area contributed by atoms with Crippen LogP contribution in [-0.2, 0) is 20.8 Å². The molecule has 0 radical (unpaired) electrons. The van der Waals surface area contributed by atoms with E-state index in [9.17, 15) is 14.4 Å². The molecule has 0 saturated carbocycles. The zero-order valence-corrected chi connectivity index (χ0v) is 22.5. The number of thioether (sulfide) groups is 1. The van der Waals surface area contributed by atoms with Crippen molar-refractivity contribution >= 4 is 35.3 Å². The van der Waals surface area contributed by atoms with Crippen LogP contribution in [0.25, 0.3) is 0 Å². The molecule has 2 aromatic carbocycles. The van der Waals surface area contributed by atoms with Gasteiger partial charge in [-0.3, -0.25) is 4.79 Å². The number of hydrogen-bond donors (Lipinski definition) is 1. The highest BCUT2D eigenvalue weighted by atomic mass is 32.2. The van der Waals surface area contributed by atoms with E-state index >= 15 is 0 Å². The highest BCUT2D eigenvalue weighted by molar-refractivity contribution is 7.99. The van der Waals surface area contributed by atoms with Crippen molar-refractivity contribution in [3.05, 3.63) is 64.5 Å². The second-order valence-corrected chi connectivity index (χ2v) is 9.18. The highest BCUT2D eigenvalue weighted by Crippen LogP contribution is 2.27. The number of rotatable bonds is 10. The molecule has 1 heterocycles. The monoisotopic (exact) mass is 526 g/mol. The predicted molar refractivity (Wildman–Crippen MR) is 139 cm³/mol. The third-order valence-electron chi connectivity index (χ3n) is 5.45. The molecule has 1 N–H and O–H groups in total. The molecule has 3 rings (SSSR count). The summed E-state index contributed by atoms with van der Waals surface area (Å²) in [6.45, 7) is 8.49. The smallest absolute Gasteiger partial charge is 0.337 e. The summed E-state index contributed by atoms with van der Waals surface area (Å²) < 4.78 is 17.5. The average Bonchev–Trinajstić information content (AvgIpc) is 3.31. The van der Waals surface area contributed by atoms with Crippen LogP contribution in [0.4, 0.5) is 5.69 Å². The summed E-state index contributed by atoms with van der Waals surface area (Å²) in [5.41, 5.74) is 2.68. The number of carbonyl (C=O) groups excluding carboxylic acids is 3. The van der Waals surface area contributed by atoms with Gasteiger partial charge in [-0.2, -0.15) is 0 Å². The highest BCUT2D eigenvalue weighted by Gasteiger charge is 2.21. The lowest BCUT2D eigenvalue weighted by atomic mass is 10.1. The van der Waals surface area contributed by atoms with Gasteiger partial charge in [-0.1, -0.05) is 29.5 Å². The number of amides is 1. The normalized spacial score (nSPS) is 11.5. The molecular weight excluding hydrogens is 496 g/mol. The van der Waals surface area contributed by atoms with Gasteiger partial charge < -0.3 is 24.1 Å². The van der Waals surface area contributed by atoms with Gasteiger partial charge in [0.25, 0.3) is 0 Å². The Morgan fingerprint density at radius 3 is 2.22 bits per heavy atom. The summed E-state index contributed by atoms with van der Waals surface area (Å²) in [5, 5.41) is 11.8. The van der Waals surface area contributed by atoms with E-state index < -0.39 is 11.9 Å². The number of ether oxygens (including phenoxy) is 3. The Labute approximate surface area is 219 Å². The van der Waals surface area contributed by atoms with Crippen LogP contribution in [-0.4, -0.2) is 52.6 Å². The molecule has 3 aromatic rings. The Hall–Kier alpha value is -3.86. The molecule has 11 heteroatoms. The lowest BCUT2D eigenvalue weighted by Crippen LogP contribution is -2.17. The number of esters is 2. The summed E-state index contributed by atoms with van der Waals surface area (Å²) in [4.78, 5) is 36.7. The first kappa shape index (κ1) is 27.7. The van der Waals surface area contributed by atoms with Crippen molar-refractivity contribution in [2.75, 3.05) is 25.3 Å². The van der Waals surface area contributed by atoms with E-state index in [0.717, 1.165) is 16.9 Å². The van der Waals surface area contributed by atoms with Gasteiger partial charge in [0.1, 0.15) is 5.75 Å². The Morgan fingerprint density at radius 2 is 1.65 bits per heavy atom. The van der Waals surface area contributed by atoms with E-state index in [1.165, 1.54) is 44.2 Å². The molecule has 1 amide bonds. The standard InChI is InChI=1S/C26H30N4O6S/c1-7-30-23(17(4)36-21-9-8-15(2)10-16(21)3)28-29-26(30)37-14-22(31)27-20-12-18(24(32)34-5)11-19(13-20)25(33)35-6/h8-13,17H,7,14H2,1-6H3,(H,27,31). The fourth-order valence-corrected chi connectivity index (χ4v) is 4.49. The van der Waals surface area contributed by atoms with Crippen LogP contribution in [0.3, 0.4) is 0 Å². The third-order valence-corrected chi connectivity index (χ3v) is 6.42. The molecule has 0 spiro atoms. The minimum absolute atomic E-state index is 0.0282. The van der Waals surface area contributed by atoms with Crippen LogP contribution in [0, 0.1) is 13.8 Å². The fraction of sp³-hybridized carbons (Fsp3) is 0.346. The molecule has 196 valence electrons. The molecule has 37 heavy (non-hydrogen) atoms. The quantitative estimate of drug-likeness (QED) is 0.303. The van der Waals surface area contributed by atoms with Crippen LogP contribution >= 0.6 is 11.8 Å². The molecule has 0 saturated heterocycles. The SMILES string of the molecule is CCn1c(SCC(=O)Nc2cc(C(=O)OC)cc(C(=O)OC)c2)nnc1C(C)Oc1ccc(C)cc1C. The third kappa shape index (κ3) is 6.88. The van der Waals surface area contributed by atoms with Crippen molar-refractivity contribution in [2.45, 2.75) is 45.5 Å². The number of nitrogens with zero attached hydrogens (tertiary/aromatic N) is 3.